The Hall–Kier alpha value is -2.95. The average Bonchev–Trinajstić information content (AvgIpc) is 2.94. The van der Waals surface area contributed by atoms with Crippen molar-refractivity contribution in [2.75, 3.05) is 4.72 Å². The summed E-state index contributed by atoms with van der Waals surface area (Å²) in [6.45, 7) is 1.60. The van der Waals surface area contributed by atoms with E-state index >= 15 is 0 Å². The van der Waals surface area contributed by atoms with Crippen LogP contribution in [0.2, 0.25) is 0 Å². The molecule has 0 bridgehead atoms. The zero-order valence-electron chi connectivity index (χ0n) is 12.6. The minimum absolute atomic E-state index is 0.298. The number of benzene rings is 2. The number of tetrazole rings is 1. The smallest absolute Gasteiger partial charge is 0.262 e. The van der Waals surface area contributed by atoms with Gasteiger partial charge in [-0.25, -0.2) is 21.6 Å². The van der Waals surface area contributed by atoms with Crippen molar-refractivity contribution in [1.29, 1.82) is 0 Å². The Morgan fingerprint density at radius 1 is 1.04 bits per heavy atom. The van der Waals surface area contributed by atoms with Gasteiger partial charge in [-0.2, -0.15) is 4.68 Å². The summed E-state index contributed by atoms with van der Waals surface area (Å²) in [6, 6.07) is 5.29. The first kappa shape index (κ1) is 16.9. The summed E-state index contributed by atoms with van der Waals surface area (Å²) in [5.41, 5.74) is -0.121. The Balaban J connectivity index is 2.01. The van der Waals surface area contributed by atoms with Crippen LogP contribution < -0.4 is 4.72 Å². The van der Waals surface area contributed by atoms with E-state index in [9.17, 15) is 21.6 Å². The highest BCUT2D eigenvalue weighted by molar-refractivity contribution is 7.92. The summed E-state index contributed by atoms with van der Waals surface area (Å²) in [5.74, 6) is -2.62. The van der Waals surface area contributed by atoms with Gasteiger partial charge in [0.25, 0.3) is 10.0 Å². The van der Waals surface area contributed by atoms with Gasteiger partial charge < -0.3 is 0 Å². The molecule has 0 spiro atoms. The zero-order valence-corrected chi connectivity index (χ0v) is 13.4. The third-order valence-corrected chi connectivity index (χ3v) is 4.56. The van der Waals surface area contributed by atoms with Gasteiger partial charge in [-0.15, -0.1) is 5.10 Å². The van der Waals surface area contributed by atoms with Crippen molar-refractivity contribution in [2.45, 2.75) is 11.8 Å². The van der Waals surface area contributed by atoms with E-state index in [0.717, 1.165) is 12.1 Å². The van der Waals surface area contributed by atoms with Gasteiger partial charge in [-0.1, -0.05) is 0 Å². The minimum atomic E-state index is -4.41. The molecule has 0 radical (unpaired) electrons. The first-order chi connectivity index (χ1) is 11.8. The lowest BCUT2D eigenvalue weighted by atomic mass is 10.2. The Labute approximate surface area is 140 Å². The van der Waals surface area contributed by atoms with Crippen molar-refractivity contribution in [2.24, 2.45) is 0 Å². The molecule has 3 aromatic rings. The molecule has 130 valence electrons. The maximum Gasteiger partial charge on any atom is 0.262 e. The topological polar surface area (TPSA) is 89.8 Å². The molecule has 7 nitrogen and oxygen atoms in total. The average molecular weight is 369 g/mol. The van der Waals surface area contributed by atoms with E-state index in [1.54, 1.807) is 6.92 Å². The number of halogens is 3. The van der Waals surface area contributed by atoms with Gasteiger partial charge >= 0.3 is 0 Å². The van der Waals surface area contributed by atoms with Gasteiger partial charge in [0, 0.05) is 6.07 Å². The predicted octanol–water partition coefficient (Wildman–Crippen LogP) is 2.19. The van der Waals surface area contributed by atoms with Crippen LogP contribution >= 0.6 is 0 Å². The van der Waals surface area contributed by atoms with Crippen LogP contribution in [-0.4, -0.2) is 28.6 Å². The summed E-state index contributed by atoms with van der Waals surface area (Å²) in [7, 11) is -4.41. The van der Waals surface area contributed by atoms with Crippen LogP contribution in [0.3, 0.4) is 0 Å². The van der Waals surface area contributed by atoms with Crippen molar-refractivity contribution in [3.8, 4) is 5.69 Å². The van der Waals surface area contributed by atoms with Crippen LogP contribution in [0.25, 0.3) is 5.69 Å². The van der Waals surface area contributed by atoms with Gasteiger partial charge in [-0.05, 0) is 47.7 Å². The summed E-state index contributed by atoms with van der Waals surface area (Å²) < 4.78 is 68.2. The van der Waals surface area contributed by atoms with Crippen LogP contribution in [-0.2, 0) is 10.0 Å². The molecule has 25 heavy (non-hydrogen) atoms. The maximum absolute atomic E-state index is 14.0. The fourth-order valence-electron chi connectivity index (χ4n) is 2.08. The van der Waals surface area contributed by atoms with Crippen molar-refractivity contribution in [3.63, 3.8) is 0 Å². The second-order valence-electron chi connectivity index (χ2n) is 5.01. The van der Waals surface area contributed by atoms with E-state index in [-0.39, 0.29) is 0 Å². The normalized spacial score (nSPS) is 11.5. The molecule has 0 atom stereocenters. The summed E-state index contributed by atoms with van der Waals surface area (Å²) in [4.78, 5) is -0.673. The zero-order chi connectivity index (χ0) is 18.2. The Bertz CT molecular complexity index is 1030. The van der Waals surface area contributed by atoms with Gasteiger partial charge in [0.15, 0.2) is 5.82 Å². The Kier molecular flexibility index (Phi) is 4.17. The van der Waals surface area contributed by atoms with Crippen molar-refractivity contribution in [3.05, 3.63) is 59.7 Å². The number of sulfonamides is 1. The van der Waals surface area contributed by atoms with Gasteiger partial charge in [0.2, 0.25) is 0 Å². The van der Waals surface area contributed by atoms with Gasteiger partial charge in [-0.3, -0.25) is 4.72 Å². The molecular weight excluding hydrogens is 359 g/mol. The number of aryl methyl sites for hydroxylation is 1. The van der Waals surface area contributed by atoms with Crippen LogP contribution in [0.4, 0.5) is 18.9 Å². The second kappa shape index (κ2) is 6.16. The first-order valence-electron chi connectivity index (χ1n) is 6.80. The van der Waals surface area contributed by atoms with Gasteiger partial charge in [0.1, 0.15) is 17.5 Å². The highest BCUT2D eigenvalue weighted by atomic mass is 32.2. The molecule has 0 saturated heterocycles. The van der Waals surface area contributed by atoms with E-state index in [2.05, 4.69) is 15.5 Å². The quantitative estimate of drug-likeness (QED) is 0.761. The Morgan fingerprint density at radius 2 is 1.72 bits per heavy atom. The van der Waals surface area contributed by atoms with Crippen molar-refractivity contribution in [1.82, 2.24) is 20.2 Å². The molecule has 0 amide bonds. The number of nitrogens with one attached hydrogen (secondary N) is 1. The molecule has 1 N–H and O–H groups in total. The molecular formula is C14H10F3N5O2S. The van der Waals surface area contributed by atoms with Gasteiger partial charge in [0.05, 0.1) is 16.3 Å². The molecule has 3 rings (SSSR count). The number of rotatable bonds is 4. The number of hydrogen-bond acceptors (Lipinski definition) is 5. The minimum Gasteiger partial charge on any atom is -0.277 e. The van der Waals surface area contributed by atoms with Crippen LogP contribution in [0.15, 0.2) is 41.3 Å². The largest absolute Gasteiger partial charge is 0.277 e. The monoisotopic (exact) mass is 369 g/mol. The standard InChI is InChI=1S/C14H10F3N5O2S/c1-8-18-20-21-22(8)11-2-3-13(17)14(7-11)19-25(23,24)12-5-9(15)4-10(16)6-12/h2-7,19H,1H3. The fraction of sp³-hybridized carbons (Fsp3) is 0.0714. The second-order valence-corrected chi connectivity index (χ2v) is 6.70. The molecule has 0 aliphatic heterocycles. The molecule has 0 aliphatic carbocycles. The van der Waals surface area contributed by atoms with Crippen LogP contribution in [0.5, 0.6) is 0 Å². The highest BCUT2D eigenvalue weighted by Crippen LogP contribution is 2.23. The molecule has 0 saturated carbocycles. The number of hydrogen-bond donors (Lipinski definition) is 1. The molecule has 1 aromatic heterocycles. The first-order valence-corrected chi connectivity index (χ1v) is 8.28. The fourth-order valence-corrected chi connectivity index (χ4v) is 3.18. The number of nitrogens with zero attached hydrogens (tertiary/aromatic N) is 4. The lowest BCUT2D eigenvalue weighted by molar-refractivity contribution is 0.568. The predicted molar refractivity (Wildman–Crippen MR) is 81.0 cm³/mol. The Morgan fingerprint density at radius 3 is 2.32 bits per heavy atom. The van der Waals surface area contributed by atoms with Crippen LogP contribution in [0, 0.1) is 24.4 Å². The highest BCUT2D eigenvalue weighted by Gasteiger charge is 2.19. The lowest BCUT2D eigenvalue weighted by Crippen LogP contribution is -2.15. The summed E-state index contributed by atoms with van der Waals surface area (Å²) in [5, 5.41) is 10.8. The van der Waals surface area contributed by atoms with Crippen molar-refractivity contribution >= 4 is 15.7 Å². The summed E-state index contributed by atoms with van der Waals surface area (Å²) in [6.07, 6.45) is 0. The molecule has 0 aliphatic rings. The maximum atomic E-state index is 14.0. The number of anilines is 1. The molecule has 0 fully saturated rings. The third-order valence-electron chi connectivity index (χ3n) is 3.21. The van der Waals surface area contributed by atoms with E-state index in [0.29, 0.717) is 29.7 Å². The van der Waals surface area contributed by atoms with E-state index in [1.165, 1.54) is 10.7 Å². The molecule has 11 heteroatoms. The van der Waals surface area contributed by atoms with Crippen molar-refractivity contribution < 1.29 is 21.6 Å². The van der Waals surface area contributed by atoms with E-state index < -0.39 is 38.1 Å². The SMILES string of the molecule is Cc1nnnn1-c1ccc(F)c(NS(=O)(=O)c2cc(F)cc(F)c2)c1. The third kappa shape index (κ3) is 3.45. The summed E-state index contributed by atoms with van der Waals surface area (Å²) >= 11 is 0. The lowest BCUT2D eigenvalue weighted by Gasteiger charge is -2.11. The van der Waals surface area contributed by atoms with E-state index in [4.69, 9.17) is 0 Å². The molecule has 2 aromatic carbocycles. The van der Waals surface area contributed by atoms with E-state index in [1.807, 2.05) is 4.72 Å². The van der Waals surface area contributed by atoms with Crippen LogP contribution in [0.1, 0.15) is 5.82 Å². The number of aromatic nitrogens is 4. The molecule has 1 heterocycles. The molecule has 0 unspecified atom stereocenters.